The lowest BCUT2D eigenvalue weighted by Gasteiger charge is -2.32. The minimum atomic E-state index is 0. The molecule has 10 heteroatoms. The summed E-state index contributed by atoms with van der Waals surface area (Å²) in [6, 6.07) is 0.338. The number of fused-ring (bicyclic) bond motifs is 1. The number of hydrogen-bond donors (Lipinski definition) is 2. The maximum absolute atomic E-state index is 5.73. The molecule has 1 unspecified atom stereocenters. The lowest BCUT2D eigenvalue weighted by molar-refractivity contribution is 0.164. The van der Waals surface area contributed by atoms with Gasteiger partial charge in [-0.3, -0.25) is 9.89 Å². The molecule has 0 aliphatic carbocycles. The van der Waals surface area contributed by atoms with Gasteiger partial charge in [0.1, 0.15) is 17.9 Å². The number of likely N-dealkylation sites (tertiary alicyclic amines) is 1. The standard InChI is InChI=1S/C20H32N8O.HI/c1-14-15(2)29-19(25-14)12-27-8-6-16(7-9-27)10-22-20(21-3)26-17-4-5-18-23-13-24-28(18)11-17;/h13,16-17H,4-12H2,1-3H3,(H2,21,22,26);1H. The highest BCUT2D eigenvalue weighted by Crippen LogP contribution is 2.19. The minimum Gasteiger partial charge on any atom is -0.444 e. The van der Waals surface area contributed by atoms with Crippen molar-refractivity contribution in [3.8, 4) is 0 Å². The van der Waals surface area contributed by atoms with E-state index in [1.54, 1.807) is 6.33 Å². The molecule has 9 nitrogen and oxygen atoms in total. The number of aromatic nitrogens is 4. The molecule has 0 amide bonds. The van der Waals surface area contributed by atoms with Crippen LogP contribution in [-0.2, 0) is 19.5 Å². The van der Waals surface area contributed by atoms with E-state index in [4.69, 9.17) is 4.42 Å². The Morgan fingerprint density at radius 2 is 2.07 bits per heavy atom. The number of hydrogen-bond acceptors (Lipinski definition) is 6. The van der Waals surface area contributed by atoms with Crippen LogP contribution in [0.2, 0.25) is 0 Å². The summed E-state index contributed by atoms with van der Waals surface area (Å²) >= 11 is 0. The zero-order valence-corrected chi connectivity index (χ0v) is 20.4. The predicted octanol–water partition coefficient (Wildman–Crippen LogP) is 1.89. The molecule has 30 heavy (non-hydrogen) atoms. The number of aliphatic imine (C=N–C) groups is 1. The Kier molecular flexibility index (Phi) is 8.09. The molecule has 166 valence electrons. The van der Waals surface area contributed by atoms with Gasteiger partial charge in [-0.25, -0.2) is 14.6 Å². The van der Waals surface area contributed by atoms with Crippen molar-refractivity contribution >= 4 is 29.9 Å². The average molecular weight is 528 g/mol. The van der Waals surface area contributed by atoms with E-state index >= 15 is 0 Å². The molecular formula is C20H33IN8O. The first-order valence-electron chi connectivity index (χ1n) is 10.6. The van der Waals surface area contributed by atoms with E-state index in [2.05, 4.69) is 35.6 Å². The minimum absolute atomic E-state index is 0. The van der Waals surface area contributed by atoms with Crippen LogP contribution in [0, 0.1) is 19.8 Å². The van der Waals surface area contributed by atoms with Gasteiger partial charge < -0.3 is 15.1 Å². The van der Waals surface area contributed by atoms with Gasteiger partial charge in [0.2, 0.25) is 5.89 Å². The Labute approximate surface area is 195 Å². The summed E-state index contributed by atoms with van der Waals surface area (Å²) in [4.78, 5) is 15.6. The van der Waals surface area contributed by atoms with Gasteiger partial charge in [-0.2, -0.15) is 5.10 Å². The third kappa shape index (κ3) is 5.71. The van der Waals surface area contributed by atoms with Crippen LogP contribution in [0.3, 0.4) is 0 Å². The van der Waals surface area contributed by atoms with E-state index < -0.39 is 0 Å². The number of guanidine groups is 1. The molecule has 4 heterocycles. The SMILES string of the molecule is CN=C(NCC1CCN(Cc2nc(C)c(C)o2)CC1)NC1CCc2ncnn2C1.I. The second kappa shape index (κ2) is 10.6. The van der Waals surface area contributed by atoms with Gasteiger partial charge >= 0.3 is 0 Å². The monoisotopic (exact) mass is 528 g/mol. The molecule has 0 saturated carbocycles. The molecule has 1 fully saturated rings. The fourth-order valence-electron chi connectivity index (χ4n) is 4.13. The largest absolute Gasteiger partial charge is 0.444 e. The van der Waals surface area contributed by atoms with Crippen molar-refractivity contribution in [2.75, 3.05) is 26.7 Å². The molecule has 2 aliphatic heterocycles. The van der Waals surface area contributed by atoms with Gasteiger partial charge in [0.15, 0.2) is 5.96 Å². The number of aryl methyl sites for hydroxylation is 3. The predicted molar refractivity (Wildman–Crippen MR) is 126 cm³/mol. The molecule has 1 saturated heterocycles. The van der Waals surface area contributed by atoms with Gasteiger partial charge in [0, 0.05) is 26.1 Å². The third-order valence-corrected chi connectivity index (χ3v) is 6.07. The van der Waals surface area contributed by atoms with Crippen LogP contribution in [0.5, 0.6) is 0 Å². The number of nitrogens with one attached hydrogen (secondary N) is 2. The summed E-state index contributed by atoms with van der Waals surface area (Å²) in [6.07, 6.45) is 6.00. The number of oxazole rings is 1. The molecular weight excluding hydrogens is 495 g/mol. The fraction of sp³-hybridized carbons (Fsp3) is 0.700. The smallest absolute Gasteiger partial charge is 0.208 e. The van der Waals surface area contributed by atoms with Crippen molar-refractivity contribution in [2.45, 2.75) is 58.7 Å². The van der Waals surface area contributed by atoms with E-state index in [-0.39, 0.29) is 24.0 Å². The van der Waals surface area contributed by atoms with E-state index in [1.165, 1.54) is 12.8 Å². The van der Waals surface area contributed by atoms with Gasteiger partial charge in [0.05, 0.1) is 18.8 Å². The van der Waals surface area contributed by atoms with Crippen LogP contribution in [0.15, 0.2) is 15.7 Å². The molecule has 1 atom stereocenters. The van der Waals surface area contributed by atoms with E-state index in [1.807, 2.05) is 25.6 Å². The average Bonchev–Trinajstić information content (AvgIpc) is 3.31. The Hall–Kier alpha value is -1.69. The van der Waals surface area contributed by atoms with Crippen molar-refractivity contribution < 1.29 is 4.42 Å². The number of piperidine rings is 1. The van der Waals surface area contributed by atoms with Crippen molar-refractivity contribution in [1.29, 1.82) is 0 Å². The Morgan fingerprint density at radius 3 is 2.77 bits per heavy atom. The van der Waals surface area contributed by atoms with Gasteiger partial charge in [0.25, 0.3) is 0 Å². The quantitative estimate of drug-likeness (QED) is 0.348. The molecule has 2 N–H and O–H groups in total. The third-order valence-electron chi connectivity index (χ3n) is 6.07. The highest BCUT2D eigenvalue weighted by molar-refractivity contribution is 14.0. The van der Waals surface area contributed by atoms with Crippen LogP contribution in [0.25, 0.3) is 0 Å². The second-order valence-electron chi connectivity index (χ2n) is 8.16. The number of rotatable bonds is 5. The first-order valence-corrected chi connectivity index (χ1v) is 10.6. The van der Waals surface area contributed by atoms with E-state index in [0.717, 1.165) is 74.7 Å². The Balaban J connectivity index is 0.00000256. The number of halogens is 1. The van der Waals surface area contributed by atoms with E-state index in [0.29, 0.717) is 12.0 Å². The normalized spacial score (nSPS) is 20.5. The summed E-state index contributed by atoms with van der Waals surface area (Å²) in [6.45, 7) is 8.74. The molecule has 2 aliphatic rings. The maximum atomic E-state index is 5.73. The summed E-state index contributed by atoms with van der Waals surface area (Å²) in [5.74, 6) is 4.38. The zero-order valence-electron chi connectivity index (χ0n) is 18.1. The molecule has 2 aromatic heterocycles. The lowest BCUT2D eigenvalue weighted by atomic mass is 9.97. The Morgan fingerprint density at radius 1 is 1.27 bits per heavy atom. The summed E-state index contributed by atoms with van der Waals surface area (Å²) in [7, 11) is 1.84. The van der Waals surface area contributed by atoms with Gasteiger partial charge in [-0.05, 0) is 52.1 Å². The second-order valence-corrected chi connectivity index (χ2v) is 8.16. The highest BCUT2D eigenvalue weighted by atomic mass is 127. The Bertz CT molecular complexity index is 820. The fourth-order valence-corrected chi connectivity index (χ4v) is 4.13. The topological polar surface area (TPSA) is 96.4 Å². The summed E-state index contributed by atoms with van der Waals surface area (Å²) < 4.78 is 7.71. The van der Waals surface area contributed by atoms with Crippen LogP contribution < -0.4 is 10.6 Å². The highest BCUT2D eigenvalue weighted by Gasteiger charge is 2.23. The van der Waals surface area contributed by atoms with Gasteiger partial charge in [-0.1, -0.05) is 0 Å². The molecule has 0 bridgehead atoms. The molecule has 0 radical (unpaired) electrons. The van der Waals surface area contributed by atoms with Crippen molar-refractivity contribution in [2.24, 2.45) is 10.9 Å². The molecule has 2 aromatic rings. The first kappa shape index (κ1) is 23.0. The van der Waals surface area contributed by atoms with Crippen molar-refractivity contribution in [3.05, 3.63) is 29.5 Å². The lowest BCUT2D eigenvalue weighted by Crippen LogP contribution is -2.48. The summed E-state index contributed by atoms with van der Waals surface area (Å²) in [5.41, 5.74) is 0.996. The van der Waals surface area contributed by atoms with Crippen LogP contribution >= 0.6 is 24.0 Å². The van der Waals surface area contributed by atoms with Crippen LogP contribution in [0.4, 0.5) is 0 Å². The first-order chi connectivity index (χ1) is 14.1. The van der Waals surface area contributed by atoms with Gasteiger partial charge in [-0.15, -0.1) is 24.0 Å². The van der Waals surface area contributed by atoms with Crippen LogP contribution in [0.1, 0.15) is 42.4 Å². The van der Waals surface area contributed by atoms with Crippen molar-refractivity contribution in [1.82, 2.24) is 35.3 Å². The van der Waals surface area contributed by atoms with E-state index in [9.17, 15) is 0 Å². The van der Waals surface area contributed by atoms with Crippen molar-refractivity contribution in [3.63, 3.8) is 0 Å². The molecule has 0 aromatic carbocycles. The number of nitrogens with zero attached hydrogens (tertiary/aromatic N) is 6. The molecule has 0 spiro atoms. The zero-order chi connectivity index (χ0) is 20.2. The summed E-state index contributed by atoms with van der Waals surface area (Å²) in [5, 5.41) is 11.4. The maximum Gasteiger partial charge on any atom is 0.208 e. The van der Waals surface area contributed by atoms with Crippen LogP contribution in [-0.4, -0.2) is 63.3 Å². The molecule has 4 rings (SSSR count).